The van der Waals surface area contributed by atoms with Crippen LogP contribution in [-0.4, -0.2) is 20.7 Å². The van der Waals surface area contributed by atoms with Gasteiger partial charge in [-0.15, -0.1) is 10.2 Å². The van der Waals surface area contributed by atoms with Gasteiger partial charge in [-0.3, -0.25) is 4.79 Å². The average Bonchev–Trinajstić information content (AvgIpc) is 3.38. The van der Waals surface area contributed by atoms with Crippen LogP contribution in [-0.2, 0) is 13.0 Å². The number of carbonyl (C=O) groups excluding carboxylic acids is 1. The van der Waals surface area contributed by atoms with Crippen LogP contribution in [0.15, 0.2) is 59.0 Å². The standard InChI is InChI=1S/C24H20F2N4O2/c25-17-8-5-15(6-9-17)20-11-12-21(32-20)24(31)27-19-14-16(7-10-18(19)26)23-29-28-22-4-2-1-3-13-30(22)23/h5-12,14H,1-4,13H2,(H,27,31). The number of rotatable bonds is 4. The van der Waals surface area contributed by atoms with Crippen LogP contribution in [0.4, 0.5) is 14.5 Å². The molecule has 1 N–H and O–H groups in total. The Morgan fingerprint density at radius 2 is 1.75 bits per heavy atom. The lowest BCUT2D eigenvalue weighted by Gasteiger charge is -2.10. The van der Waals surface area contributed by atoms with E-state index in [1.54, 1.807) is 30.3 Å². The predicted molar refractivity (Wildman–Crippen MR) is 115 cm³/mol. The molecular weight excluding hydrogens is 414 g/mol. The van der Waals surface area contributed by atoms with Crippen LogP contribution in [0, 0.1) is 11.6 Å². The van der Waals surface area contributed by atoms with Crippen LogP contribution in [0.5, 0.6) is 0 Å². The highest BCUT2D eigenvalue weighted by Crippen LogP contribution is 2.28. The summed E-state index contributed by atoms with van der Waals surface area (Å²) in [6.07, 6.45) is 4.12. The van der Waals surface area contributed by atoms with Gasteiger partial charge in [-0.25, -0.2) is 8.78 Å². The van der Waals surface area contributed by atoms with Crippen molar-refractivity contribution >= 4 is 11.6 Å². The van der Waals surface area contributed by atoms with E-state index < -0.39 is 11.7 Å². The molecule has 0 spiro atoms. The van der Waals surface area contributed by atoms with Gasteiger partial charge < -0.3 is 14.3 Å². The summed E-state index contributed by atoms with van der Waals surface area (Å²) >= 11 is 0. The second-order valence-corrected chi connectivity index (χ2v) is 7.72. The van der Waals surface area contributed by atoms with E-state index in [0.717, 1.165) is 38.1 Å². The first-order valence-electron chi connectivity index (χ1n) is 10.5. The van der Waals surface area contributed by atoms with Crippen molar-refractivity contribution in [3.63, 3.8) is 0 Å². The Morgan fingerprint density at radius 3 is 2.59 bits per heavy atom. The number of carbonyl (C=O) groups is 1. The van der Waals surface area contributed by atoms with E-state index >= 15 is 0 Å². The first-order valence-corrected chi connectivity index (χ1v) is 10.5. The molecule has 2 aromatic carbocycles. The zero-order valence-electron chi connectivity index (χ0n) is 17.1. The number of hydrogen-bond acceptors (Lipinski definition) is 4. The molecule has 5 rings (SSSR count). The molecule has 0 fully saturated rings. The summed E-state index contributed by atoms with van der Waals surface area (Å²) in [6, 6.07) is 13.3. The number of furan rings is 1. The third kappa shape index (κ3) is 3.91. The lowest BCUT2D eigenvalue weighted by Crippen LogP contribution is -2.12. The van der Waals surface area contributed by atoms with Crippen LogP contribution < -0.4 is 5.32 Å². The molecule has 0 aliphatic carbocycles. The Hall–Kier alpha value is -3.81. The average molecular weight is 434 g/mol. The number of benzene rings is 2. The summed E-state index contributed by atoms with van der Waals surface area (Å²) in [6.45, 7) is 0.815. The molecule has 1 aliphatic heterocycles. The minimum Gasteiger partial charge on any atom is -0.451 e. The van der Waals surface area contributed by atoms with Crippen molar-refractivity contribution in [2.75, 3.05) is 5.32 Å². The van der Waals surface area contributed by atoms with Gasteiger partial charge in [0.05, 0.1) is 5.69 Å². The molecule has 3 heterocycles. The van der Waals surface area contributed by atoms with Crippen LogP contribution in [0.1, 0.15) is 35.6 Å². The SMILES string of the molecule is O=C(Nc1cc(-c2nnc3n2CCCCC3)ccc1F)c1ccc(-c2ccc(F)cc2)o1. The van der Waals surface area contributed by atoms with E-state index in [0.29, 0.717) is 22.7 Å². The van der Waals surface area contributed by atoms with E-state index in [4.69, 9.17) is 4.42 Å². The van der Waals surface area contributed by atoms with Gasteiger partial charge in [0.2, 0.25) is 0 Å². The van der Waals surface area contributed by atoms with E-state index in [9.17, 15) is 13.6 Å². The molecule has 8 heteroatoms. The lowest BCUT2D eigenvalue weighted by molar-refractivity contribution is 0.0997. The summed E-state index contributed by atoms with van der Waals surface area (Å²) in [5, 5.41) is 11.1. The van der Waals surface area contributed by atoms with Gasteiger partial charge in [0.15, 0.2) is 11.6 Å². The van der Waals surface area contributed by atoms with Crippen molar-refractivity contribution in [2.45, 2.75) is 32.2 Å². The molecule has 4 aromatic rings. The molecule has 0 bridgehead atoms. The molecule has 0 unspecified atom stereocenters. The molecule has 0 saturated heterocycles. The molecule has 1 aliphatic rings. The second kappa shape index (κ2) is 8.37. The highest BCUT2D eigenvalue weighted by atomic mass is 19.1. The Morgan fingerprint density at radius 1 is 0.938 bits per heavy atom. The molecular formula is C24H20F2N4O2. The molecule has 162 valence electrons. The second-order valence-electron chi connectivity index (χ2n) is 7.72. The fraction of sp³-hybridized carbons (Fsp3) is 0.208. The Labute approximate surface area is 182 Å². The van der Waals surface area contributed by atoms with Crippen molar-refractivity contribution in [2.24, 2.45) is 0 Å². The van der Waals surface area contributed by atoms with E-state index in [2.05, 4.69) is 20.1 Å². The van der Waals surface area contributed by atoms with Gasteiger partial charge in [0, 0.05) is 24.1 Å². The molecule has 1 amide bonds. The quantitative estimate of drug-likeness (QED) is 0.463. The number of hydrogen-bond donors (Lipinski definition) is 1. The molecule has 0 saturated carbocycles. The van der Waals surface area contributed by atoms with Crippen molar-refractivity contribution in [3.8, 4) is 22.7 Å². The Kier molecular flexibility index (Phi) is 5.26. The fourth-order valence-electron chi connectivity index (χ4n) is 3.87. The maximum atomic E-state index is 14.5. The number of aromatic nitrogens is 3. The highest BCUT2D eigenvalue weighted by Gasteiger charge is 2.19. The number of fused-ring (bicyclic) bond motifs is 1. The summed E-state index contributed by atoms with van der Waals surface area (Å²) < 4.78 is 35.3. The highest BCUT2D eigenvalue weighted by molar-refractivity contribution is 6.03. The predicted octanol–water partition coefficient (Wildman–Crippen LogP) is 5.46. The van der Waals surface area contributed by atoms with Gasteiger partial charge in [0.1, 0.15) is 23.2 Å². The maximum Gasteiger partial charge on any atom is 0.291 e. The molecule has 0 radical (unpaired) electrons. The van der Waals surface area contributed by atoms with Crippen molar-refractivity contribution in [1.29, 1.82) is 0 Å². The molecule has 32 heavy (non-hydrogen) atoms. The maximum absolute atomic E-state index is 14.5. The summed E-state index contributed by atoms with van der Waals surface area (Å²) in [5.41, 5.74) is 1.33. The number of amides is 1. The largest absolute Gasteiger partial charge is 0.451 e. The van der Waals surface area contributed by atoms with E-state index in [1.807, 2.05) is 0 Å². The van der Waals surface area contributed by atoms with Gasteiger partial charge in [-0.1, -0.05) is 6.42 Å². The van der Waals surface area contributed by atoms with Crippen molar-refractivity contribution < 1.29 is 18.0 Å². The smallest absolute Gasteiger partial charge is 0.291 e. The summed E-state index contributed by atoms with van der Waals surface area (Å²) in [5.74, 6) is 0.502. The molecule has 0 atom stereocenters. The van der Waals surface area contributed by atoms with E-state index in [1.165, 1.54) is 24.3 Å². The summed E-state index contributed by atoms with van der Waals surface area (Å²) in [4.78, 5) is 12.7. The fourth-order valence-corrected chi connectivity index (χ4v) is 3.87. The third-order valence-electron chi connectivity index (χ3n) is 5.54. The van der Waals surface area contributed by atoms with Gasteiger partial charge >= 0.3 is 0 Å². The Bertz CT molecular complexity index is 1280. The Balaban J connectivity index is 1.39. The minimum absolute atomic E-state index is 0.0190. The number of halogens is 2. The van der Waals surface area contributed by atoms with Crippen LogP contribution >= 0.6 is 0 Å². The van der Waals surface area contributed by atoms with E-state index in [-0.39, 0.29) is 17.3 Å². The number of nitrogens with one attached hydrogen (secondary N) is 1. The van der Waals surface area contributed by atoms with Gasteiger partial charge in [-0.05, 0) is 67.4 Å². The van der Waals surface area contributed by atoms with Crippen LogP contribution in [0.3, 0.4) is 0 Å². The number of anilines is 1. The van der Waals surface area contributed by atoms with Gasteiger partial charge in [0.25, 0.3) is 5.91 Å². The van der Waals surface area contributed by atoms with Crippen molar-refractivity contribution in [1.82, 2.24) is 14.8 Å². The zero-order valence-corrected chi connectivity index (χ0v) is 17.1. The summed E-state index contributed by atoms with van der Waals surface area (Å²) in [7, 11) is 0. The first-order chi connectivity index (χ1) is 15.6. The zero-order chi connectivity index (χ0) is 22.1. The first kappa shape index (κ1) is 20.1. The molecule has 6 nitrogen and oxygen atoms in total. The third-order valence-corrected chi connectivity index (χ3v) is 5.54. The normalized spacial score (nSPS) is 13.4. The minimum atomic E-state index is -0.588. The number of nitrogens with zero attached hydrogens (tertiary/aromatic N) is 3. The van der Waals surface area contributed by atoms with Crippen molar-refractivity contribution in [3.05, 3.63) is 77.8 Å². The molecule has 2 aromatic heterocycles. The topological polar surface area (TPSA) is 73.0 Å². The monoisotopic (exact) mass is 434 g/mol. The number of aryl methyl sites for hydroxylation is 1. The van der Waals surface area contributed by atoms with Crippen LogP contribution in [0.25, 0.3) is 22.7 Å². The van der Waals surface area contributed by atoms with Crippen LogP contribution in [0.2, 0.25) is 0 Å². The lowest BCUT2D eigenvalue weighted by atomic mass is 10.1. The van der Waals surface area contributed by atoms with Gasteiger partial charge in [-0.2, -0.15) is 0 Å².